The van der Waals surface area contributed by atoms with Gasteiger partial charge in [0, 0.05) is 37.2 Å². The number of imide groups is 1. The minimum atomic E-state index is -0.584. The molecule has 1 aliphatic carbocycles. The van der Waals surface area contributed by atoms with Crippen LogP contribution in [0.4, 0.5) is 0 Å². The molecule has 3 heterocycles. The molecule has 0 radical (unpaired) electrons. The third-order valence-corrected chi connectivity index (χ3v) is 7.06. The van der Waals surface area contributed by atoms with Crippen LogP contribution in [-0.2, 0) is 27.4 Å². The van der Waals surface area contributed by atoms with Gasteiger partial charge in [-0.1, -0.05) is 18.2 Å². The number of hydrogen-bond donors (Lipinski definition) is 3. The van der Waals surface area contributed by atoms with E-state index in [-0.39, 0.29) is 30.2 Å². The summed E-state index contributed by atoms with van der Waals surface area (Å²) in [6.45, 7) is 2.48. The molecule has 5 atom stereocenters. The minimum Gasteiger partial charge on any atom is -0.381 e. The Kier molecular flexibility index (Phi) is 5.08. The third kappa shape index (κ3) is 3.42. The average molecular weight is 412 g/mol. The van der Waals surface area contributed by atoms with Crippen LogP contribution in [0.15, 0.2) is 18.2 Å². The first-order valence-corrected chi connectivity index (χ1v) is 10.8. The Morgan fingerprint density at radius 3 is 2.67 bits per heavy atom. The summed E-state index contributed by atoms with van der Waals surface area (Å²) >= 11 is 0. The molecule has 4 aliphatic rings. The zero-order valence-corrected chi connectivity index (χ0v) is 16.9. The second-order valence-corrected chi connectivity index (χ2v) is 9.05. The largest absolute Gasteiger partial charge is 0.381 e. The van der Waals surface area contributed by atoms with E-state index in [1.165, 1.54) is 0 Å². The van der Waals surface area contributed by atoms with Gasteiger partial charge in [0.1, 0.15) is 6.04 Å². The molecule has 1 aromatic carbocycles. The van der Waals surface area contributed by atoms with Crippen LogP contribution in [0, 0.1) is 11.8 Å². The predicted molar refractivity (Wildman–Crippen MR) is 108 cm³/mol. The normalized spacial score (nSPS) is 33.4. The number of piperidine rings is 1. The Balaban J connectivity index is 1.32. The van der Waals surface area contributed by atoms with Crippen molar-refractivity contribution in [2.24, 2.45) is 17.6 Å². The third-order valence-electron chi connectivity index (χ3n) is 7.06. The molecule has 30 heavy (non-hydrogen) atoms. The summed E-state index contributed by atoms with van der Waals surface area (Å²) in [5, 5.41) is 6.05. The van der Waals surface area contributed by atoms with Crippen molar-refractivity contribution in [1.82, 2.24) is 15.5 Å². The smallest absolute Gasteiger partial charge is 0.255 e. The molecule has 4 N–H and O–H groups in total. The number of amides is 3. The lowest BCUT2D eigenvalue weighted by Gasteiger charge is -2.45. The number of benzene rings is 1. The Bertz CT molecular complexity index is 874. The van der Waals surface area contributed by atoms with Gasteiger partial charge in [0.15, 0.2) is 0 Å². The Hall–Kier alpha value is -2.29. The fraction of sp³-hybridized carbons (Fsp3) is 0.591. The van der Waals surface area contributed by atoms with Gasteiger partial charge in [0.25, 0.3) is 5.91 Å². The van der Waals surface area contributed by atoms with Crippen molar-refractivity contribution in [1.29, 1.82) is 0 Å². The van der Waals surface area contributed by atoms with E-state index in [0.717, 1.165) is 37.2 Å². The van der Waals surface area contributed by atoms with Crippen LogP contribution in [0.5, 0.6) is 0 Å². The molecular weight excluding hydrogens is 384 g/mol. The van der Waals surface area contributed by atoms with Crippen LogP contribution in [0.1, 0.15) is 47.2 Å². The van der Waals surface area contributed by atoms with Crippen molar-refractivity contribution in [3.8, 4) is 0 Å². The zero-order valence-electron chi connectivity index (χ0n) is 16.9. The molecule has 2 bridgehead atoms. The number of nitrogens with zero attached hydrogens (tertiary/aromatic N) is 1. The zero-order chi connectivity index (χ0) is 20.8. The number of ether oxygens (including phenoxy) is 1. The average Bonchev–Trinajstić information content (AvgIpc) is 3.03. The molecule has 3 fully saturated rings. The van der Waals surface area contributed by atoms with Crippen molar-refractivity contribution in [3.63, 3.8) is 0 Å². The predicted octanol–water partition coefficient (Wildman–Crippen LogP) is 0.290. The lowest BCUT2D eigenvalue weighted by atomic mass is 9.73. The first-order chi connectivity index (χ1) is 14.5. The van der Waals surface area contributed by atoms with Crippen molar-refractivity contribution < 1.29 is 19.1 Å². The van der Waals surface area contributed by atoms with Gasteiger partial charge in [0.05, 0.1) is 13.2 Å². The number of nitrogens with one attached hydrogen (secondary N) is 2. The summed E-state index contributed by atoms with van der Waals surface area (Å²) in [6, 6.07) is 5.91. The molecule has 160 valence electrons. The number of carbonyl (C=O) groups excluding carboxylic acids is 3. The summed E-state index contributed by atoms with van der Waals surface area (Å²) in [6.07, 6.45) is 2.57. The van der Waals surface area contributed by atoms with Crippen molar-refractivity contribution in [3.05, 3.63) is 34.9 Å². The van der Waals surface area contributed by atoms with Crippen molar-refractivity contribution in [2.45, 2.75) is 56.9 Å². The highest BCUT2D eigenvalue weighted by Gasteiger charge is 2.42. The van der Waals surface area contributed by atoms with Gasteiger partial charge in [0.2, 0.25) is 11.8 Å². The summed E-state index contributed by atoms with van der Waals surface area (Å²) in [5.41, 5.74) is 8.81. The molecule has 3 aliphatic heterocycles. The summed E-state index contributed by atoms with van der Waals surface area (Å²) in [7, 11) is 0. The van der Waals surface area contributed by atoms with E-state index in [0.29, 0.717) is 43.0 Å². The van der Waals surface area contributed by atoms with E-state index in [2.05, 4.69) is 10.6 Å². The molecular formula is C22H28N4O4. The molecule has 1 aromatic rings. The van der Waals surface area contributed by atoms with E-state index in [4.69, 9.17) is 10.5 Å². The lowest BCUT2D eigenvalue weighted by molar-refractivity contribution is -0.136. The van der Waals surface area contributed by atoms with Gasteiger partial charge < -0.3 is 20.7 Å². The first-order valence-electron chi connectivity index (χ1n) is 10.8. The maximum Gasteiger partial charge on any atom is 0.255 e. The number of carbonyl (C=O) groups is 3. The SMILES string of the molecule is NC1C[C@H]2COC[C@@H](C1)C2NCc1cccc2c1C(=O)N(C1CCC(=O)NC1=O)C2. The van der Waals surface area contributed by atoms with Gasteiger partial charge in [-0.3, -0.25) is 19.7 Å². The number of rotatable bonds is 4. The Morgan fingerprint density at radius 1 is 1.17 bits per heavy atom. The number of fused-ring (bicyclic) bond motifs is 3. The van der Waals surface area contributed by atoms with Crippen LogP contribution in [-0.4, -0.2) is 54.0 Å². The molecule has 0 spiro atoms. The second kappa shape index (κ2) is 7.76. The van der Waals surface area contributed by atoms with E-state index in [9.17, 15) is 14.4 Å². The molecule has 5 rings (SSSR count). The standard InChI is InChI=1S/C22H28N4O4/c23-16-6-14-10-30-11-15(7-16)20(14)24-8-12-2-1-3-13-9-26(22(29)19(12)13)17-4-5-18(27)25-21(17)28/h1-3,14-17,20,24H,4-11,23H2,(H,25,27,28)/t14-,15+,16?,17?,20?. The second-order valence-electron chi connectivity index (χ2n) is 9.05. The van der Waals surface area contributed by atoms with Crippen LogP contribution in [0.25, 0.3) is 0 Å². The molecule has 8 nitrogen and oxygen atoms in total. The molecule has 8 heteroatoms. The topological polar surface area (TPSA) is 114 Å². The maximum absolute atomic E-state index is 13.2. The maximum atomic E-state index is 13.2. The van der Waals surface area contributed by atoms with Gasteiger partial charge in [-0.15, -0.1) is 0 Å². The van der Waals surface area contributed by atoms with Gasteiger partial charge in [-0.25, -0.2) is 0 Å². The van der Waals surface area contributed by atoms with Gasteiger partial charge >= 0.3 is 0 Å². The minimum absolute atomic E-state index is 0.119. The molecule has 3 unspecified atom stereocenters. The fourth-order valence-corrected chi connectivity index (χ4v) is 5.66. The molecule has 3 amide bonds. The monoisotopic (exact) mass is 412 g/mol. The molecule has 0 aromatic heterocycles. The number of nitrogens with two attached hydrogens (primary N) is 1. The van der Waals surface area contributed by atoms with Crippen LogP contribution in [0.3, 0.4) is 0 Å². The van der Waals surface area contributed by atoms with Crippen LogP contribution < -0.4 is 16.4 Å². The van der Waals surface area contributed by atoms with Crippen LogP contribution >= 0.6 is 0 Å². The van der Waals surface area contributed by atoms with Gasteiger partial charge in [-0.2, -0.15) is 0 Å². The Labute approximate surface area is 175 Å². The lowest BCUT2D eigenvalue weighted by Crippen LogP contribution is -2.55. The molecule has 1 saturated carbocycles. The highest BCUT2D eigenvalue weighted by Crippen LogP contribution is 2.34. The summed E-state index contributed by atoms with van der Waals surface area (Å²) in [4.78, 5) is 38.6. The quantitative estimate of drug-likeness (QED) is 0.613. The summed E-state index contributed by atoms with van der Waals surface area (Å²) in [5.74, 6) is 0.0384. The number of hydrogen-bond acceptors (Lipinski definition) is 6. The van der Waals surface area contributed by atoms with E-state index in [1.54, 1.807) is 4.90 Å². The summed E-state index contributed by atoms with van der Waals surface area (Å²) < 4.78 is 5.74. The first kappa shape index (κ1) is 19.7. The molecule has 2 saturated heterocycles. The van der Waals surface area contributed by atoms with Crippen molar-refractivity contribution >= 4 is 17.7 Å². The van der Waals surface area contributed by atoms with E-state index < -0.39 is 6.04 Å². The Morgan fingerprint density at radius 2 is 1.93 bits per heavy atom. The van der Waals surface area contributed by atoms with Gasteiger partial charge in [-0.05, 0) is 42.2 Å². The van der Waals surface area contributed by atoms with Crippen LogP contribution in [0.2, 0.25) is 0 Å². The van der Waals surface area contributed by atoms with E-state index >= 15 is 0 Å². The fourth-order valence-electron chi connectivity index (χ4n) is 5.66. The highest BCUT2D eigenvalue weighted by atomic mass is 16.5. The highest BCUT2D eigenvalue weighted by molar-refractivity contribution is 6.05. The van der Waals surface area contributed by atoms with E-state index in [1.807, 2.05) is 18.2 Å². The van der Waals surface area contributed by atoms with Crippen molar-refractivity contribution in [2.75, 3.05) is 13.2 Å².